The van der Waals surface area contributed by atoms with Crippen molar-refractivity contribution in [1.29, 1.82) is 0 Å². The number of aliphatic hydroxyl groups excluding tert-OH is 1. The fraction of sp³-hybridized carbons (Fsp3) is 0.250. The van der Waals surface area contributed by atoms with E-state index in [4.69, 9.17) is 32.7 Å². The Hall–Kier alpha value is -1.43. The molecule has 1 unspecified atom stereocenters. The summed E-state index contributed by atoms with van der Waals surface area (Å²) in [6.45, 7) is 0. The second-order valence-electron chi connectivity index (χ2n) is 3.71. The number of aromatic amines is 1. The van der Waals surface area contributed by atoms with Crippen molar-refractivity contribution >= 4 is 23.2 Å². The molecule has 0 saturated carbocycles. The van der Waals surface area contributed by atoms with Gasteiger partial charge in [-0.2, -0.15) is 0 Å². The Balaban J connectivity index is 2.46. The number of para-hydroxylation sites is 1. The highest BCUT2D eigenvalue weighted by atomic mass is 35.5. The maximum atomic E-state index is 10.3. The Kier molecular flexibility index (Phi) is 4.19. The first-order chi connectivity index (χ1) is 9.08. The Morgan fingerprint density at radius 2 is 2.00 bits per heavy atom. The van der Waals surface area contributed by atoms with Gasteiger partial charge in [0.1, 0.15) is 17.1 Å². The molecule has 19 heavy (non-hydrogen) atoms. The van der Waals surface area contributed by atoms with E-state index in [0.717, 1.165) is 0 Å². The summed E-state index contributed by atoms with van der Waals surface area (Å²) in [5, 5.41) is 10.6. The van der Waals surface area contributed by atoms with Crippen molar-refractivity contribution in [2.24, 2.45) is 0 Å². The number of aliphatic hydroxyl groups is 1. The maximum Gasteiger partial charge on any atom is 0.166 e. The van der Waals surface area contributed by atoms with Crippen molar-refractivity contribution in [1.82, 2.24) is 9.97 Å². The summed E-state index contributed by atoms with van der Waals surface area (Å²) in [6.07, 6.45) is -1.05. The molecule has 0 spiro atoms. The van der Waals surface area contributed by atoms with E-state index in [1.54, 1.807) is 18.2 Å². The average Bonchev–Trinajstić information content (AvgIpc) is 2.76. The van der Waals surface area contributed by atoms with Crippen LogP contribution in [-0.4, -0.2) is 29.3 Å². The van der Waals surface area contributed by atoms with Crippen molar-refractivity contribution in [3.05, 3.63) is 39.9 Å². The molecule has 0 aliphatic carbocycles. The summed E-state index contributed by atoms with van der Waals surface area (Å²) in [5.74, 6) is 1.19. The molecule has 0 fully saturated rings. The maximum absolute atomic E-state index is 10.3. The topological polar surface area (TPSA) is 67.4 Å². The number of H-pyrrole nitrogens is 1. The van der Waals surface area contributed by atoms with Crippen LogP contribution < -0.4 is 9.47 Å². The number of benzene rings is 1. The lowest BCUT2D eigenvalue weighted by Crippen LogP contribution is -2.05. The van der Waals surface area contributed by atoms with Gasteiger partial charge in [0.15, 0.2) is 16.7 Å². The van der Waals surface area contributed by atoms with Gasteiger partial charge in [0.2, 0.25) is 0 Å². The van der Waals surface area contributed by atoms with Crippen LogP contribution in [0.1, 0.15) is 17.5 Å². The Morgan fingerprint density at radius 3 is 2.53 bits per heavy atom. The third-order valence-electron chi connectivity index (χ3n) is 2.62. The molecule has 0 aliphatic heterocycles. The number of imidazole rings is 1. The summed E-state index contributed by atoms with van der Waals surface area (Å²) in [7, 11) is 3.02. The zero-order valence-electron chi connectivity index (χ0n) is 10.3. The summed E-state index contributed by atoms with van der Waals surface area (Å²) >= 11 is 11.5. The number of hydrogen-bond donors (Lipinski definition) is 2. The molecule has 1 aromatic heterocycles. The highest BCUT2D eigenvalue weighted by Crippen LogP contribution is 2.37. The summed E-state index contributed by atoms with van der Waals surface area (Å²) in [4.78, 5) is 6.66. The van der Waals surface area contributed by atoms with E-state index in [2.05, 4.69) is 9.97 Å². The number of methoxy groups -OCH3 is 2. The van der Waals surface area contributed by atoms with Gasteiger partial charge in [0.25, 0.3) is 0 Å². The number of hydrogen-bond acceptors (Lipinski definition) is 4. The molecule has 1 aromatic carbocycles. The molecule has 2 N–H and O–H groups in total. The monoisotopic (exact) mass is 302 g/mol. The molecule has 0 saturated heterocycles. The van der Waals surface area contributed by atoms with E-state index in [1.807, 2.05) is 0 Å². The number of nitrogens with one attached hydrogen (secondary N) is 1. The molecule has 0 radical (unpaired) electrons. The molecular formula is C12H12Cl2N2O3. The standard InChI is InChI=1S/C12H12Cl2N2O3/c1-18-7-5-3-4-6(9(7)19-2)8(17)12-15-10(13)11(14)16-12/h3-5,8,17H,1-2H3,(H,15,16). The predicted octanol–water partition coefficient (Wildman–Crippen LogP) is 2.82. The smallest absolute Gasteiger partial charge is 0.166 e. The van der Waals surface area contributed by atoms with Crippen LogP contribution in [0.5, 0.6) is 11.5 Å². The van der Waals surface area contributed by atoms with Gasteiger partial charge in [-0.3, -0.25) is 0 Å². The molecule has 1 heterocycles. The first-order valence-corrected chi connectivity index (χ1v) is 6.14. The van der Waals surface area contributed by atoms with Gasteiger partial charge in [-0.15, -0.1) is 0 Å². The van der Waals surface area contributed by atoms with Gasteiger partial charge in [-0.25, -0.2) is 4.98 Å². The van der Waals surface area contributed by atoms with Crippen LogP contribution in [0.25, 0.3) is 0 Å². The van der Waals surface area contributed by atoms with Crippen LogP contribution in [0.3, 0.4) is 0 Å². The van der Waals surface area contributed by atoms with Gasteiger partial charge in [-0.1, -0.05) is 35.3 Å². The van der Waals surface area contributed by atoms with Crippen LogP contribution in [0.2, 0.25) is 10.3 Å². The van der Waals surface area contributed by atoms with Crippen molar-refractivity contribution in [3.8, 4) is 11.5 Å². The Labute approximate surface area is 120 Å². The minimum Gasteiger partial charge on any atom is -0.493 e. The first-order valence-electron chi connectivity index (χ1n) is 5.38. The fourth-order valence-electron chi connectivity index (χ4n) is 1.75. The molecule has 7 heteroatoms. The highest BCUT2D eigenvalue weighted by molar-refractivity contribution is 6.40. The molecule has 2 aromatic rings. The van der Waals surface area contributed by atoms with E-state index in [9.17, 15) is 5.11 Å². The summed E-state index contributed by atoms with van der Waals surface area (Å²) in [5.41, 5.74) is 0.504. The SMILES string of the molecule is COc1cccc(C(O)c2nc(Cl)c(Cl)[nH]2)c1OC. The van der Waals surface area contributed by atoms with Crippen LogP contribution >= 0.6 is 23.2 Å². The van der Waals surface area contributed by atoms with Crippen LogP contribution in [0, 0.1) is 0 Å². The summed E-state index contributed by atoms with van der Waals surface area (Å²) < 4.78 is 10.4. The van der Waals surface area contributed by atoms with E-state index < -0.39 is 6.10 Å². The zero-order valence-corrected chi connectivity index (χ0v) is 11.8. The van der Waals surface area contributed by atoms with E-state index in [-0.39, 0.29) is 16.1 Å². The highest BCUT2D eigenvalue weighted by Gasteiger charge is 2.22. The van der Waals surface area contributed by atoms with E-state index in [1.165, 1.54) is 14.2 Å². The summed E-state index contributed by atoms with van der Waals surface area (Å²) in [6, 6.07) is 5.18. The van der Waals surface area contributed by atoms with Crippen LogP contribution in [0.4, 0.5) is 0 Å². The number of rotatable bonds is 4. The third-order valence-corrected chi connectivity index (χ3v) is 3.27. The lowest BCUT2D eigenvalue weighted by molar-refractivity contribution is 0.204. The van der Waals surface area contributed by atoms with Crippen molar-refractivity contribution < 1.29 is 14.6 Å². The van der Waals surface area contributed by atoms with Gasteiger partial charge >= 0.3 is 0 Å². The lowest BCUT2D eigenvalue weighted by Gasteiger charge is -2.15. The van der Waals surface area contributed by atoms with Gasteiger partial charge in [-0.05, 0) is 6.07 Å². The van der Waals surface area contributed by atoms with Crippen molar-refractivity contribution in [2.45, 2.75) is 6.10 Å². The van der Waals surface area contributed by atoms with Gasteiger partial charge < -0.3 is 19.6 Å². The molecule has 2 rings (SSSR count). The molecule has 0 aliphatic rings. The molecule has 0 amide bonds. The molecular weight excluding hydrogens is 291 g/mol. The Morgan fingerprint density at radius 1 is 1.26 bits per heavy atom. The van der Waals surface area contributed by atoms with E-state index >= 15 is 0 Å². The fourth-order valence-corrected chi connectivity index (χ4v) is 2.03. The second kappa shape index (κ2) is 5.69. The predicted molar refractivity (Wildman–Crippen MR) is 72.2 cm³/mol. The average molecular weight is 303 g/mol. The van der Waals surface area contributed by atoms with Crippen molar-refractivity contribution in [2.75, 3.05) is 14.2 Å². The number of nitrogens with zero attached hydrogens (tertiary/aromatic N) is 1. The minimum absolute atomic E-state index is 0.109. The molecule has 5 nitrogen and oxygen atoms in total. The minimum atomic E-state index is -1.05. The lowest BCUT2D eigenvalue weighted by atomic mass is 10.1. The first kappa shape index (κ1) is 14.0. The molecule has 1 atom stereocenters. The van der Waals surface area contributed by atoms with Gasteiger partial charge in [0, 0.05) is 5.56 Å². The zero-order chi connectivity index (χ0) is 14.0. The van der Waals surface area contributed by atoms with Gasteiger partial charge in [0.05, 0.1) is 14.2 Å². The normalized spacial score (nSPS) is 12.3. The van der Waals surface area contributed by atoms with Crippen LogP contribution in [-0.2, 0) is 0 Å². The number of aromatic nitrogens is 2. The van der Waals surface area contributed by atoms with Crippen LogP contribution in [0.15, 0.2) is 18.2 Å². The number of halogens is 2. The quantitative estimate of drug-likeness (QED) is 0.911. The third kappa shape index (κ3) is 2.63. The molecule has 102 valence electrons. The second-order valence-corrected chi connectivity index (χ2v) is 4.45. The number of ether oxygens (including phenoxy) is 2. The largest absolute Gasteiger partial charge is 0.493 e. The molecule has 0 bridgehead atoms. The Bertz CT molecular complexity index is 567. The van der Waals surface area contributed by atoms with E-state index in [0.29, 0.717) is 17.1 Å². The van der Waals surface area contributed by atoms with Crippen molar-refractivity contribution in [3.63, 3.8) is 0 Å².